The standard InChI is InChI=1S/C15H12BrClN2S/c1-8-6-9(2)13(10(16)7-8)19-14-11(17)4-3-5-12(14)18-15(19)20/h3-7H,1-2H3,(H,18,20). The third-order valence-electron chi connectivity index (χ3n) is 3.28. The summed E-state index contributed by atoms with van der Waals surface area (Å²) in [5, 5.41) is 0.682. The van der Waals surface area contributed by atoms with Crippen molar-refractivity contribution in [1.29, 1.82) is 0 Å². The highest BCUT2D eigenvalue weighted by atomic mass is 79.9. The van der Waals surface area contributed by atoms with Crippen LogP contribution in [0.1, 0.15) is 11.1 Å². The highest BCUT2D eigenvalue weighted by Crippen LogP contribution is 2.32. The van der Waals surface area contributed by atoms with E-state index in [1.54, 1.807) is 0 Å². The molecule has 0 saturated heterocycles. The second kappa shape index (κ2) is 5.02. The first-order valence-corrected chi connectivity index (χ1v) is 7.73. The van der Waals surface area contributed by atoms with Gasteiger partial charge >= 0.3 is 0 Å². The van der Waals surface area contributed by atoms with Gasteiger partial charge in [0.15, 0.2) is 4.77 Å². The molecule has 0 aliphatic heterocycles. The number of rotatable bonds is 1. The molecule has 1 N–H and O–H groups in total. The molecular weight excluding hydrogens is 356 g/mol. The Morgan fingerprint density at radius 1 is 1.25 bits per heavy atom. The number of nitrogens with zero attached hydrogens (tertiary/aromatic N) is 1. The Kier molecular flexibility index (Phi) is 3.48. The van der Waals surface area contributed by atoms with Gasteiger partial charge in [-0.25, -0.2) is 0 Å². The first-order chi connectivity index (χ1) is 9.49. The lowest BCUT2D eigenvalue weighted by molar-refractivity contribution is 1.04. The van der Waals surface area contributed by atoms with Gasteiger partial charge in [0.2, 0.25) is 0 Å². The van der Waals surface area contributed by atoms with Gasteiger partial charge in [-0.05, 0) is 71.3 Å². The van der Waals surface area contributed by atoms with Gasteiger partial charge in [-0.3, -0.25) is 4.57 Å². The fourth-order valence-electron chi connectivity index (χ4n) is 2.52. The number of H-pyrrole nitrogens is 1. The maximum Gasteiger partial charge on any atom is 0.182 e. The molecule has 0 unspecified atom stereocenters. The van der Waals surface area contributed by atoms with E-state index in [9.17, 15) is 0 Å². The minimum atomic E-state index is 0.640. The number of para-hydroxylation sites is 1. The summed E-state index contributed by atoms with van der Waals surface area (Å²) >= 11 is 15.5. The fourth-order valence-corrected chi connectivity index (χ4v) is 3.92. The number of hydrogen-bond acceptors (Lipinski definition) is 1. The molecule has 20 heavy (non-hydrogen) atoms. The minimum absolute atomic E-state index is 0.640. The van der Waals surface area contributed by atoms with Gasteiger partial charge in [-0.15, -0.1) is 0 Å². The van der Waals surface area contributed by atoms with Crippen LogP contribution in [0.15, 0.2) is 34.8 Å². The molecule has 1 heterocycles. The van der Waals surface area contributed by atoms with Crippen LogP contribution in [0.5, 0.6) is 0 Å². The summed E-state index contributed by atoms with van der Waals surface area (Å²) in [4.78, 5) is 3.21. The van der Waals surface area contributed by atoms with Gasteiger partial charge in [0, 0.05) is 4.47 Å². The smallest absolute Gasteiger partial charge is 0.182 e. The summed E-state index contributed by atoms with van der Waals surface area (Å²) in [6.07, 6.45) is 0. The summed E-state index contributed by atoms with van der Waals surface area (Å²) in [5.74, 6) is 0. The van der Waals surface area contributed by atoms with E-state index >= 15 is 0 Å². The van der Waals surface area contributed by atoms with Crippen LogP contribution in [0, 0.1) is 18.6 Å². The van der Waals surface area contributed by atoms with Crippen molar-refractivity contribution in [3.63, 3.8) is 0 Å². The molecule has 5 heteroatoms. The quantitative estimate of drug-likeness (QED) is 0.545. The highest BCUT2D eigenvalue weighted by molar-refractivity contribution is 9.10. The van der Waals surface area contributed by atoms with Crippen molar-refractivity contribution in [3.8, 4) is 5.69 Å². The summed E-state index contributed by atoms with van der Waals surface area (Å²) < 4.78 is 3.64. The Balaban J connectivity index is 2.48. The van der Waals surface area contributed by atoms with Crippen molar-refractivity contribution < 1.29 is 0 Å². The van der Waals surface area contributed by atoms with Crippen molar-refractivity contribution in [2.45, 2.75) is 13.8 Å². The van der Waals surface area contributed by atoms with Gasteiger partial charge in [0.25, 0.3) is 0 Å². The van der Waals surface area contributed by atoms with E-state index < -0.39 is 0 Å². The maximum atomic E-state index is 6.36. The molecule has 3 aromatic rings. The molecule has 2 aromatic carbocycles. The molecule has 1 aromatic heterocycles. The SMILES string of the molecule is Cc1cc(C)c(-n2c(=S)[nH]c3cccc(Cl)c32)c(Br)c1. The second-order valence-corrected chi connectivity index (χ2v) is 6.46. The fraction of sp³-hybridized carbons (Fsp3) is 0.133. The monoisotopic (exact) mass is 366 g/mol. The van der Waals surface area contributed by atoms with Gasteiger partial charge in [-0.2, -0.15) is 0 Å². The molecular formula is C15H12BrClN2S. The Hall–Kier alpha value is -1.10. The Bertz CT molecular complexity index is 856. The number of hydrogen-bond donors (Lipinski definition) is 1. The summed E-state index contributed by atoms with van der Waals surface area (Å²) in [7, 11) is 0. The second-order valence-electron chi connectivity index (χ2n) is 4.81. The van der Waals surface area contributed by atoms with Gasteiger partial charge in [-0.1, -0.05) is 23.7 Å². The zero-order chi connectivity index (χ0) is 14.4. The van der Waals surface area contributed by atoms with Crippen LogP contribution >= 0.6 is 39.7 Å². The molecule has 102 valence electrons. The highest BCUT2D eigenvalue weighted by Gasteiger charge is 2.14. The van der Waals surface area contributed by atoms with Crippen molar-refractivity contribution in [1.82, 2.24) is 9.55 Å². The van der Waals surface area contributed by atoms with E-state index in [1.807, 2.05) is 22.8 Å². The third kappa shape index (κ3) is 2.12. The van der Waals surface area contributed by atoms with Crippen LogP contribution in [0.4, 0.5) is 0 Å². The molecule has 0 aliphatic rings. The molecule has 3 rings (SSSR count). The Morgan fingerprint density at radius 2 is 2.00 bits per heavy atom. The van der Waals surface area contributed by atoms with Crippen molar-refractivity contribution in [3.05, 3.63) is 55.7 Å². The average molecular weight is 368 g/mol. The molecule has 2 nitrogen and oxygen atoms in total. The van der Waals surface area contributed by atoms with Crippen molar-refractivity contribution in [2.75, 3.05) is 0 Å². The molecule has 0 atom stereocenters. The number of fused-ring (bicyclic) bond motifs is 1. The van der Waals surface area contributed by atoms with Crippen LogP contribution in [0.2, 0.25) is 5.02 Å². The predicted molar refractivity (Wildman–Crippen MR) is 90.6 cm³/mol. The topological polar surface area (TPSA) is 20.7 Å². The number of benzene rings is 2. The van der Waals surface area contributed by atoms with E-state index in [0.29, 0.717) is 9.79 Å². The van der Waals surface area contributed by atoms with E-state index in [-0.39, 0.29) is 0 Å². The molecule has 0 fully saturated rings. The Morgan fingerprint density at radius 3 is 2.70 bits per heavy atom. The van der Waals surface area contributed by atoms with Crippen molar-refractivity contribution >= 4 is 50.8 Å². The lowest BCUT2D eigenvalue weighted by Gasteiger charge is -2.12. The number of aromatic amines is 1. The zero-order valence-corrected chi connectivity index (χ0v) is 14.2. The van der Waals surface area contributed by atoms with Crippen LogP contribution in [-0.4, -0.2) is 9.55 Å². The molecule has 0 radical (unpaired) electrons. The third-order valence-corrected chi connectivity index (χ3v) is 4.47. The number of aryl methyl sites for hydroxylation is 2. The average Bonchev–Trinajstić information content (AvgIpc) is 2.66. The largest absolute Gasteiger partial charge is 0.330 e. The number of aromatic nitrogens is 2. The van der Waals surface area contributed by atoms with Crippen LogP contribution in [-0.2, 0) is 0 Å². The van der Waals surface area contributed by atoms with Gasteiger partial charge in [0.05, 0.1) is 21.7 Å². The zero-order valence-electron chi connectivity index (χ0n) is 11.0. The van der Waals surface area contributed by atoms with Crippen LogP contribution in [0.3, 0.4) is 0 Å². The van der Waals surface area contributed by atoms with Crippen LogP contribution < -0.4 is 0 Å². The molecule has 0 spiro atoms. The lowest BCUT2D eigenvalue weighted by atomic mass is 10.1. The summed E-state index contributed by atoms with van der Waals surface area (Å²) in [6, 6.07) is 9.99. The van der Waals surface area contributed by atoms with Gasteiger partial charge in [0.1, 0.15) is 0 Å². The Labute approximate surface area is 135 Å². The van der Waals surface area contributed by atoms with E-state index in [0.717, 1.165) is 26.8 Å². The predicted octanol–water partition coefficient (Wildman–Crippen LogP) is 5.72. The number of imidazole rings is 1. The number of halogens is 2. The van der Waals surface area contributed by atoms with Crippen molar-refractivity contribution in [2.24, 2.45) is 0 Å². The lowest BCUT2D eigenvalue weighted by Crippen LogP contribution is -1.99. The van der Waals surface area contributed by atoms with E-state index in [1.165, 1.54) is 5.56 Å². The molecule has 0 amide bonds. The first kappa shape index (κ1) is 13.9. The van der Waals surface area contributed by atoms with E-state index in [2.05, 4.69) is 46.9 Å². The minimum Gasteiger partial charge on any atom is -0.330 e. The summed E-state index contributed by atoms with van der Waals surface area (Å²) in [5.41, 5.74) is 5.23. The molecule has 0 bridgehead atoms. The maximum absolute atomic E-state index is 6.36. The molecule has 0 saturated carbocycles. The number of nitrogens with one attached hydrogen (secondary N) is 1. The first-order valence-electron chi connectivity index (χ1n) is 6.15. The normalized spacial score (nSPS) is 11.2. The summed E-state index contributed by atoms with van der Waals surface area (Å²) in [6.45, 7) is 4.15. The molecule has 0 aliphatic carbocycles. The van der Waals surface area contributed by atoms with Crippen LogP contribution in [0.25, 0.3) is 16.7 Å². The van der Waals surface area contributed by atoms with Gasteiger partial charge < -0.3 is 4.98 Å². The van der Waals surface area contributed by atoms with E-state index in [4.69, 9.17) is 23.8 Å².